The van der Waals surface area contributed by atoms with E-state index in [0.29, 0.717) is 0 Å². The fourth-order valence-corrected chi connectivity index (χ4v) is 2.44. The van der Waals surface area contributed by atoms with Gasteiger partial charge in [-0.2, -0.15) is 0 Å². The van der Waals surface area contributed by atoms with E-state index in [1.807, 2.05) is 56.7 Å². The Balaban J connectivity index is 1.98. The molecule has 0 bridgehead atoms. The molecule has 1 aromatic heterocycles. The molecule has 5 nitrogen and oxygen atoms in total. The van der Waals surface area contributed by atoms with Crippen LogP contribution < -0.4 is 5.32 Å². The van der Waals surface area contributed by atoms with E-state index in [2.05, 4.69) is 15.5 Å². The maximum Gasteiger partial charge on any atom is 0.237 e. The smallest absolute Gasteiger partial charge is 0.237 e. The van der Waals surface area contributed by atoms with Crippen molar-refractivity contribution in [3.05, 3.63) is 35.7 Å². The van der Waals surface area contributed by atoms with Gasteiger partial charge in [-0.3, -0.25) is 4.79 Å². The van der Waals surface area contributed by atoms with Crippen LogP contribution in [0.15, 0.2) is 29.4 Å². The summed E-state index contributed by atoms with van der Waals surface area (Å²) in [4.78, 5) is 12.1. The van der Waals surface area contributed by atoms with E-state index in [1.54, 1.807) is 0 Å². The van der Waals surface area contributed by atoms with Crippen LogP contribution in [0, 0.1) is 13.8 Å². The maximum atomic E-state index is 12.1. The first kappa shape index (κ1) is 14.6. The summed E-state index contributed by atoms with van der Waals surface area (Å²) in [6.45, 7) is 5.76. The molecule has 0 aliphatic heterocycles. The van der Waals surface area contributed by atoms with E-state index in [1.165, 1.54) is 17.3 Å². The number of hydrogen-bond donors (Lipinski definition) is 1. The average molecular weight is 290 g/mol. The Bertz CT molecular complexity index is 606. The lowest BCUT2D eigenvalue weighted by molar-refractivity contribution is -0.115. The quantitative estimate of drug-likeness (QED) is 0.879. The summed E-state index contributed by atoms with van der Waals surface area (Å²) in [5.74, 6) is 0.790. The third kappa shape index (κ3) is 3.39. The molecule has 0 aliphatic rings. The van der Waals surface area contributed by atoms with Gasteiger partial charge in [0.1, 0.15) is 5.82 Å². The summed E-state index contributed by atoms with van der Waals surface area (Å²) >= 11 is 1.40. The monoisotopic (exact) mass is 290 g/mol. The number of thioether (sulfide) groups is 1. The van der Waals surface area contributed by atoms with Crippen molar-refractivity contribution in [3.8, 4) is 0 Å². The first-order valence-electron chi connectivity index (χ1n) is 6.37. The molecule has 1 aromatic carbocycles. The van der Waals surface area contributed by atoms with E-state index >= 15 is 0 Å². The van der Waals surface area contributed by atoms with Crippen molar-refractivity contribution in [3.63, 3.8) is 0 Å². The van der Waals surface area contributed by atoms with E-state index in [-0.39, 0.29) is 11.2 Å². The van der Waals surface area contributed by atoms with Gasteiger partial charge >= 0.3 is 0 Å². The predicted octanol–water partition coefficient (Wildman–Crippen LogP) is 2.55. The van der Waals surface area contributed by atoms with Gasteiger partial charge < -0.3 is 9.88 Å². The topological polar surface area (TPSA) is 59.8 Å². The van der Waals surface area contributed by atoms with Crippen molar-refractivity contribution in [2.75, 3.05) is 5.32 Å². The van der Waals surface area contributed by atoms with Gasteiger partial charge in [0, 0.05) is 12.7 Å². The Morgan fingerprint density at radius 1 is 1.25 bits per heavy atom. The van der Waals surface area contributed by atoms with E-state index in [9.17, 15) is 4.79 Å². The molecular formula is C14H18N4OS. The summed E-state index contributed by atoms with van der Waals surface area (Å²) in [6.07, 6.45) is 0. The van der Waals surface area contributed by atoms with E-state index in [4.69, 9.17) is 0 Å². The molecule has 2 rings (SSSR count). The minimum Gasteiger partial charge on any atom is -0.325 e. The van der Waals surface area contributed by atoms with Crippen molar-refractivity contribution in [2.45, 2.75) is 31.2 Å². The summed E-state index contributed by atoms with van der Waals surface area (Å²) in [5, 5.41) is 11.4. The number of amides is 1. The summed E-state index contributed by atoms with van der Waals surface area (Å²) < 4.78 is 1.88. The normalized spacial score (nSPS) is 12.2. The van der Waals surface area contributed by atoms with Crippen LogP contribution in [-0.4, -0.2) is 25.9 Å². The number of hydrogen-bond acceptors (Lipinski definition) is 4. The van der Waals surface area contributed by atoms with Crippen LogP contribution >= 0.6 is 11.8 Å². The maximum absolute atomic E-state index is 12.1. The number of rotatable bonds is 4. The summed E-state index contributed by atoms with van der Waals surface area (Å²) in [6, 6.07) is 7.74. The summed E-state index contributed by atoms with van der Waals surface area (Å²) in [5.41, 5.74) is 1.97. The Morgan fingerprint density at radius 2 is 1.90 bits per heavy atom. The van der Waals surface area contributed by atoms with Crippen LogP contribution in [-0.2, 0) is 11.8 Å². The third-order valence-electron chi connectivity index (χ3n) is 3.02. The highest BCUT2D eigenvalue weighted by atomic mass is 32.2. The zero-order valence-corrected chi connectivity index (χ0v) is 12.9. The molecular weight excluding hydrogens is 272 g/mol. The van der Waals surface area contributed by atoms with Crippen LogP contribution in [0.25, 0.3) is 0 Å². The molecule has 1 amide bonds. The van der Waals surface area contributed by atoms with Crippen molar-refractivity contribution in [2.24, 2.45) is 7.05 Å². The van der Waals surface area contributed by atoms with Gasteiger partial charge in [0.05, 0.1) is 5.25 Å². The minimum absolute atomic E-state index is 0.0421. The van der Waals surface area contributed by atoms with Gasteiger partial charge in [-0.1, -0.05) is 29.5 Å². The highest BCUT2D eigenvalue weighted by Gasteiger charge is 2.18. The molecule has 1 N–H and O–H groups in total. The molecule has 20 heavy (non-hydrogen) atoms. The van der Waals surface area contributed by atoms with Crippen LogP contribution in [0.1, 0.15) is 18.3 Å². The number of nitrogens with zero attached hydrogens (tertiary/aromatic N) is 3. The second-order valence-corrected chi connectivity index (χ2v) is 6.01. The Hall–Kier alpha value is -1.82. The van der Waals surface area contributed by atoms with Gasteiger partial charge in [-0.25, -0.2) is 0 Å². The van der Waals surface area contributed by atoms with Crippen molar-refractivity contribution >= 4 is 23.4 Å². The molecule has 0 fully saturated rings. The highest BCUT2D eigenvalue weighted by molar-refractivity contribution is 8.00. The molecule has 1 unspecified atom stereocenters. The lowest BCUT2D eigenvalue weighted by atomic mass is 10.2. The Kier molecular flexibility index (Phi) is 4.44. The van der Waals surface area contributed by atoms with Crippen LogP contribution in [0.4, 0.5) is 5.69 Å². The molecule has 0 saturated carbocycles. The molecule has 6 heteroatoms. The molecule has 0 radical (unpaired) electrons. The number of carbonyl (C=O) groups excluding carboxylic acids is 1. The third-order valence-corrected chi connectivity index (χ3v) is 4.16. The van der Waals surface area contributed by atoms with E-state index in [0.717, 1.165) is 16.7 Å². The predicted molar refractivity (Wildman–Crippen MR) is 80.9 cm³/mol. The molecule has 0 spiro atoms. The van der Waals surface area contributed by atoms with Gasteiger partial charge in [-0.05, 0) is 32.9 Å². The van der Waals surface area contributed by atoms with Crippen molar-refractivity contribution in [1.82, 2.24) is 14.8 Å². The van der Waals surface area contributed by atoms with E-state index < -0.39 is 0 Å². The van der Waals surface area contributed by atoms with Crippen molar-refractivity contribution < 1.29 is 4.79 Å². The first-order valence-corrected chi connectivity index (χ1v) is 7.25. The second-order valence-electron chi connectivity index (χ2n) is 4.70. The number of carbonyl (C=O) groups is 1. The van der Waals surface area contributed by atoms with Gasteiger partial charge in [0.2, 0.25) is 5.91 Å². The van der Waals surface area contributed by atoms with Gasteiger partial charge in [0.25, 0.3) is 0 Å². The SMILES string of the molecule is Cc1ccc(NC(=O)C(C)Sc2nnc(C)n2C)cc1. The second kappa shape index (κ2) is 6.09. The molecule has 106 valence electrons. The number of nitrogens with one attached hydrogen (secondary N) is 1. The number of benzene rings is 1. The Labute approximate surface area is 122 Å². The standard InChI is InChI=1S/C14H18N4OS/c1-9-5-7-12(8-6-9)15-13(19)10(2)20-14-17-16-11(3)18(14)4/h5-8,10H,1-4H3,(H,15,19). The lowest BCUT2D eigenvalue weighted by Gasteiger charge is -2.11. The number of aryl methyl sites for hydroxylation is 2. The van der Waals surface area contributed by atoms with Crippen LogP contribution in [0.3, 0.4) is 0 Å². The fraction of sp³-hybridized carbons (Fsp3) is 0.357. The van der Waals surface area contributed by atoms with Crippen LogP contribution in [0.5, 0.6) is 0 Å². The van der Waals surface area contributed by atoms with Gasteiger partial charge in [-0.15, -0.1) is 10.2 Å². The molecule has 0 saturated heterocycles. The zero-order chi connectivity index (χ0) is 14.7. The zero-order valence-electron chi connectivity index (χ0n) is 12.0. The number of aromatic nitrogens is 3. The molecule has 0 aliphatic carbocycles. The first-order chi connectivity index (χ1) is 9.47. The number of anilines is 1. The molecule has 1 heterocycles. The summed E-state index contributed by atoms with van der Waals surface area (Å²) in [7, 11) is 1.89. The van der Waals surface area contributed by atoms with Gasteiger partial charge in [0.15, 0.2) is 5.16 Å². The average Bonchev–Trinajstić information content (AvgIpc) is 2.73. The highest BCUT2D eigenvalue weighted by Crippen LogP contribution is 2.22. The fourth-order valence-electron chi connectivity index (χ4n) is 1.58. The van der Waals surface area contributed by atoms with Crippen molar-refractivity contribution in [1.29, 1.82) is 0 Å². The molecule has 2 aromatic rings. The Morgan fingerprint density at radius 3 is 2.45 bits per heavy atom. The molecule has 1 atom stereocenters. The van der Waals surface area contributed by atoms with Crippen LogP contribution in [0.2, 0.25) is 0 Å². The largest absolute Gasteiger partial charge is 0.325 e. The lowest BCUT2D eigenvalue weighted by Crippen LogP contribution is -2.22. The minimum atomic E-state index is -0.237.